The molecule has 0 atom stereocenters. The van der Waals surface area contributed by atoms with Gasteiger partial charge in [-0.3, -0.25) is 4.90 Å². The van der Waals surface area contributed by atoms with E-state index in [1.807, 2.05) is 7.11 Å². The first-order chi connectivity index (χ1) is 6.61. The molecule has 2 rings (SSSR count). The van der Waals surface area contributed by atoms with Crippen LogP contribution in [0.5, 0.6) is 0 Å². The maximum atomic E-state index is 5.32. The lowest BCUT2D eigenvalue weighted by atomic mass is 9.86. The zero-order chi connectivity index (χ0) is 10.2. The van der Waals surface area contributed by atoms with Crippen LogP contribution in [0.1, 0.15) is 26.7 Å². The van der Waals surface area contributed by atoms with Crippen LogP contribution in [0.4, 0.5) is 0 Å². The van der Waals surface area contributed by atoms with E-state index in [2.05, 4.69) is 24.1 Å². The SMILES string of the molecule is COC1CC(N2CC[NH2+]C(C)(C)C2)C1. The van der Waals surface area contributed by atoms with E-state index in [1.54, 1.807) is 0 Å². The molecule has 0 bridgehead atoms. The number of nitrogens with two attached hydrogens (primary N) is 1. The molecule has 0 unspecified atom stereocenters. The van der Waals surface area contributed by atoms with Crippen molar-refractivity contribution < 1.29 is 10.1 Å². The maximum Gasteiger partial charge on any atom is 0.103 e. The van der Waals surface area contributed by atoms with E-state index >= 15 is 0 Å². The summed E-state index contributed by atoms with van der Waals surface area (Å²) in [6.07, 6.45) is 3.02. The van der Waals surface area contributed by atoms with Crippen LogP contribution in [-0.4, -0.2) is 49.3 Å². The summed E-state index contributed by atoms with van der Waals surface area (Å²) in [5, 5.41) is 2.47. The third-order valence-corrected chi connectivity index (χ3v) is 3.64. The molecule has 0 radical (unpaired) electrons. The normalized spacial score (nSPS) is 37.9. The molecule has 1 saturated carbocycles. The second-order valence-corrected chi connectivity index (χ2v) is 5.43. The number of piperazine rings is 1. The summed E-state index contributed by atoms with van der Waals surface area (Å²) in [4.78, 5) is 2.65. The highest BCUT2D eigenvalue weighted by Crippen LogP contribution is 2.28. The molecular weight excluding hydrogens is 176 g/mol. The molecule has 0 aromatic rings. The molecule has 2 aliphatic rings. The van der Waals surface area contributed by atoms with Crippen LogP contribution in [0.2, 0.25) is 0 Å². The van der Waals surface area contributed by atoms with E-state index in [9.17, 15) is 0 Å². The van der Waals surface area contributed by atoms with Crippen molar-refractivity contribution in [1.29, 1.82) is 0 Å². The smallest absolute Gasteiger partial charge is 0.103 e. The summed E-state index contributed by atoms with van der Waals surface area (Å²) < 4.78 is 5.32. The van der Waals surface area contributed by atoms with Crippen LogP contribution < -0.4 is 5.32 Å². The minimum Gasteiger partial charge on any atom is -0.381 e. The van der Waals surface area contributed by atoms with E-state index in [0.29, 0.717) is 11.6 Å². The van der Waals surface area contributed by atoms with E-state index in [-0.39, 0.29) is 0 Å². The first-order valence-corrected chi connectivity index (χ1v) is 5.72. The highest BCUT2D eigenvalue weighted by atomic mass is 16.5. The van der Waals surface area contributed by atoms with Crippen LogP contribution in [-0.2, 0) is 4.74 Å². The predicted molar refractivity (Wildman–Crippen MR) is 56.3 cm³/mol. The Bertz CT molecular complexity index is 199. The van der Waals surface area contributed by atoms with Gasteiger partial charge in [0.2, 0.25) is 0 Å². The first-order valence-electron chi connectivity index (χ1n) is 5.72. The van der Waals surface area contributed by atoms with Crippen molar-refractivity contribution in [2.45, 2.75) is 44.4 Å². The molecule has 0 aromatic heterocycles. The highest BCUT2D eigenvalue weighted by Gasteiger charge is 2.39. The minimum atomic E-state index is 0.413. The monoisotopic (exact) mass is 199 g/mol. The van der Waals surface area contributed by atoms with E-state index in [0.717, 1.165) is 6.04 Å². The van der Waals surface area contributed by atoms with Crippen molar-refractivity contribution in [1.82, 2.24) is 4.90 Å². The lowest BCUT2D eigenvalue weighted by Crippen LogP contribution is -3.00. The number of quaternary nitrogens is 1. The fourth-order valence-corrected chi connectivity index (χ4v) is 2.63. The largest absolute Gasteiger partial charge is 0.381 e. The molecule has 2 N–H and O–H groups in total. The molecule has 0 spiro atoms. The second kappa shape index (κ2) is 3.80. The van der Waals surface area contributed by atoms with Crippen molar-refractivity contribution in [3.63, 3.8) is 0 Å². The van der Waals surface area contributed by atoms with Crippen LogP contribution in [0.15, 0.2) is 0 Å². The van der Waals surface area contributed by atoms with Crippen molar-refractivity contribution >= 4 is 0 Å². The second-order valence-electron chi connectivity index (χ2n) is 5.43. The van der Waals surface area contributed by atoms with Gasteiger partial charge in [0.05, 0.1) is 19.2 Å². The summed E-state index contributed by atoms with van der Waals surface area (Å²) in [5.74, 6) is 0. The summed E-state index contributed by atoms with van der Waals surface area (Å²) in [6, 6.07) is 0.799. The van der Waals surface area contributed by atoms with Gasteiger partial charge < -0.3 is 10.1 Å². The molecule has 1 saturated heterocycles. The Morgan fingerprint density at radius 3 is 2.64 bits per heavy atom. The zero-order valence-corrected chi connectivity index (χ0v) is 9.62. The number of hydrogen-bond donors (Lipinski definition) is 1. The number of hydrogen-bond acceptors (Lipinski definition) is 2. The van der Waals surface area contributed by atoms with Gasteiger partial charge in [-0.25, -0.2) is 0 Å². The van der Waals surface area contributed by atoms with Crippen LogP contribution >= 0.6 is 0 Å². The summed E-state index contributed by atoms with van der Waals surface area (Å²) in [6.45, 7) is 8.41. The number of ether oxygens (including phenoxy) is 1. The predicted octanol–water partition coefficient (Wildman–Crippen LogP) is -0.179. The van der Waals surface area contributed by atoms with Crippen molar-refractivity contribution in [3.8, 4) is 0 Å². The average Bonchev–Trinajstić information content (AvgIpc) is 2.00. The van der Waals surface area contributed by atoms with Crippen LogP contribution in [0.25, 0.3) is 0 Å². The van der Waals surface area contributed by atoms with Gasteiger partial charge in [0, 0.05) is 19.7 Å². The molecule has 0 amide bonds. The van der Waals surface area contributed by atoms with Gasteiger partial charge in [0.15, 0.2) is 0 Å². The Morgan fingerprint density at radius 1 is 1.36 bits per heavy atom. The zero-order valence-electron chi connectivity index (χ0n) is 9.62. The fourth-order valence-electron chi connectivity index (χ4n) is 2.63. The lowest BCUT2D eigenvalue weighted by molar-refractivity contribution is -0.730. The summed E-state index contributed by atoms with van der Waals surface area (Å²) >= 11 is 0. The van der Waals surface area contributed by atoms with Crippen molar-refractivity contribution in [2.75, 3.05) is 26.7 Å². The van der Waals surface area contributed by atoms with Gasteiger partial charge in [0.1, 0.15) is 5.54 Å². The Labute approximate surface area is 86.8 Å². The van der Waals surface area contributed by atoms with E-state index in [4.69, 9.17) is 4.74 Å². The summed E-state index contributed by atoms with van der Waals surface area (Å²) in [5.41, 5.74) is 0.413. The quantitative estimate of drug-likeness (QED) is 0.668. The lowest BCUT2D eigenvalue weighted by Gasteiger charge is -2.46. The van der Waals surface area contributed by atoms with Crippen LogP contribution in [0.3, 0.4) is 0 Å². The average molecular weight is 199 g/mol. The van der Waals surface area contributed by atoms with Gasteiger partial charge in [-0.15, -0.1) is 0 Å². The Balaban J connectivity index is 1.82. The Hall–Kier alpha value is -0.120. The summed E-state index contributed by atoms with van der Waals surface area (Å²) in [7, 11) is 1.83. The number of methoxy groups -OCH3 is 1. The van der Waals surface area contributed by atoms with Crippen molar-refractivity contribution in [3.05, 3.63) is 0 Å². The van der Waals surface area contributed by atoms with Gasteiger partial charge >= 0.3 is 0 Å². The minimum absolute atomic E-state index is 0.413. The van der Waals surface area contributed by atoms with Crippen molar-refractivity contribution in [2.24, 2.45) is 0 Å². The molecular formula is C11H23N2O+. The van der Waals surface area contributed by atoms with E-state index < -0.39 is 0 Å². The van der Waals surface area contributed by atoms with Gasteiger partial charge in [-0.1, -0.05) is 0 Å². The molecule has 14 heavy (non-hydrogen) atoms. The number of nitrogens with zero attached hydrogens (tertiary/aromatic N) is 1. The van der Waals surface area contributed by atoms with Gasteiger partial charge in [-0.2, -0.15) is 0 Å². The standard InChI is InChI=1S/C11H22N2O/c1-11(2)8-13(5-4-12-11)9-6-10(7-9)14-3/h9-10,12H,4-8H2,1-3H3/p+1. The molecule has 3 nitrogen and oxygen atoms in total. The first kappa shape index (κ1) is 10.4. The maximum absolute atomic E-state index is 5.32. The molecule has 1 heterocycles. The molecule has 0 aromatic carbocycles. The van der Waals surface area contributed by atoms with E-state index in [1.165, 1.54) is 32.5 Å². The van der Waals surface area contributed by atoms with Gasteiger partial charge in [0.25, 0.3) is 0 Å². The highest BCUT2D eigenvalue weighted by molar-refractivity contribution is 4.90. The molecule has 1 aliphatic heterocycles. The van der Waals surface area contributed by atoms with Crippen LogP contribution in [0, 0.1) is 0 Å². The molecule has 82 valence electrons. The molecule has 3 heteroatoms. The Kier molecular flexibility index (Phi) is 2.82. The molecule has 1 aliphatic carbocycles. The molecule has 2 fully saturated rings. The fraction of sp³-hybridized carbons (Fsp3) is 1.00. The number of rotatable bonds is 2. The van der Waals surface area contributed by atoms with Gasteiger partial charge in [-0.05, 0) is 26.7 Å². The third-order valence-electron chi connectivity index (χ3n) is 3.64. The topological polar surface area (TPSA) is 29.1 Å². The Morgan fingerprint density at radius 2 is 2.07 bits per heavy atom. The third kappa shape index (κ3) is 2.10.